The predicted octanol–water partition coefficient (Wildman–Crippen LogP) is 9.73. The molecule has 0 N–H and O–H groups in total. The van der Waals surface area contributed by atoms with Gasteiger partial charge in [0, 0.05) is 30.3 Å². The van der Waals surface area contributed by atoms with E-state index in [1.807, 2.05) is 11.8 Å². The first-order valence-corrected chi connectivity index (χ1v) is 15.2. The van der Waals surface area contributed by atoms with Crippen molar-refractivity contribution in [1.29, 1.82) is 0 Å². The van der Waals surface area contributed by atoms with E-state index in [2.05, 4.69) is 146 Å². The van der Waals surface area contributed by atoms with Gasteiger partial charge in [0.05, 0.1) is 4.75 Å². The molecule has 0 spiro atoms. The Morgan fingerprint density at radius 2 is 1.49 bits per heavy atom. The van der Waals surface area contributed by atoms with Gasteiger partial charge < -0.3 is 4.90 Å². The molecule has 1 aliphatic heterocycles. The minimum atomic E-state index is -0.299. The number of benzene rings is 5. The van der Waals surface area contributed by atoms with Crippen molar-refractivity contribution in [3.05, 3.63) is 161 Å². The zero-order chi connectivity index (χ0) is 27.6. The van der Waals surface area contributed by atoms with Crippen LogP contribution in [0.25, 0.3) is 33.2 Å². The maximum Gasteiger partial charge on any atom is 0.0874 e. The van der Waals surface area contributed by atoms with Crippen LogP contribution in [0, 0.1) is 0 Å². The van der Waals surface area contributed by atoms with Crippen LogP contribution in [0.15, 0.2) is 138 Å². The normalized spacial score (nSPS) is 18.7. The maximum atomic E-state index is 2.53. The molecular formula is C39H31NS. The Labute approximate surface area is 246 Å². The van der Waals surface area contributed by atoms with Crippen molar-refractivity contribution < 1.29 is 0 Å². The fourth-order valence-corrected chi connectivity index (χ4v) is 8.39. The van der Waals surface area contributed by atoms with Gasteiger partial charge in [-0.1, -0.05) is 115 Å². The highest BCUT2D eigenvalue weighted by molar-refractivity contribution is 8.00. The zero-order valence-corrected chi connectivity index (χ0v) is 24.2. The molecule has 3 aliphatic rings. The summed E-state index contributed by atoms with van der Waals surface area (Å²) in [7, 11) is 4.34. The van der Waals surface area contributed by atoms with Crippen molar-refractivity contribution in [2.75, 3.05) is 14.1 Å². The van der Waals surface area contributed by atoms with Gasteiger partial charge in [-0.3, -0.25) is 0 Å². The summed E-state index contributed by atoms with van der Waals surface area (Å²) >= 11 is 2.00. The first-order chi connectivity index (χ1) is 20.1. The molecule has 1 heterocycles. The summed E-state index contributed by atoms with van der Waals surface area (Å²) in [5.74, 6) is 0. The number of nitrogens with zero attached hydrogens (tertiary/aromatic N) is 1. The number of hydrogen-bond donors (Lipinski definition) is 0. The summed E-state index contributed by atoms with van der Waals surface area (Å²) < 4.78 is -0.299. The summed E-state index contributed by atoms with van der Waals surface area (Å²) in [6.07, 6.45) is 9.19. The minimum absolute atomic E-state index is 0.299. The fourth-order valence-electron chi connectivity index (χ4n) is 6.93. The summed E-state index contributed by atoms with van der Waals surface area (Å²) in [6, 6.07) is 40.5. The molecule has 41 heavy (non-hydrogen) atoms. The van der Waals surface area contributed by atoms with Gasteiger partial charge in [0.15, 0.2) is 0 Å². The van der Waals surface area contributed by atoms with E-state index >= 15 is 0 Å². The molecule has 198 valence electrons. The van der Waals surface area contributed by atoms with Crippen LogP contribution in [-0.4, -0.2) is 19.0 Å². The average molecular weight is 546 g/mol. The first-order valence-electron chi connectivity index (χ1n) is 14.4. The molecule has 1 atom stereocenters. The van der Waals surface area contributed by atoms with Crippen LogP contribution in [-0.2, 0) is 11.2 Å². The first kappa shape index (κ1) is 24.5. The lowest BCUT2D eigenvalue weighted by Gasteiger charge is -2.39. The van der Waals surface area contributed by atoms with E-state index in [1.54, 1.807) is 0 Å². The van der Waals surface area contributed by atoms with Crippen LogP contribution in [0.3, 0.4) is 0 Å². The lowest BCUT2D eigenvalue weighted by Crippen LogP contribution is -2.28. The van der Waals surface area contributed by atoms with E-state index in [-0.39, 0.29) is 4.75 Å². The summed E-state index contributed by atoms with van der Waals surface area (Å²) in [5.41, 5.74) is 13.8. The lowest BCUT2D eigenvalue weighted by atomic mass is 9.84. The molecule has 2 aliphatic carbocycles. The number of hydrogen-bond acceptors (Lipinski definition) is 2. The number of thioether (sulfide) groups is 1. The van der Waals surface area contributed by atoms with E-state index in [0.717, 1.165) is 12.8 Å². The zero-order valence-electron chi connectivity index (χ0n) is 23.4. The Hall–Kier alpha value is -4.27. The molecule has 0 aromatic heterocycles. The third-order valence-electron chi connectivity index (χ3n) is 8.94. The largest absolute Gasteiger partial charge is 0.377 e. The monoisotopic (exact) mass is 545 g/mol. The summed E-state index contributed by atoms with van der Waals surface area (Å²) in [5, 5.41) is 2.67. The van der Waals surface area contributed by atoms with Crippen LogP contribution in [0.2, 0.25) is 0 Å². The van der Waals surface area contributed by atoms with Crippen molar-refractivity contribution in [3.63, 3.8) is 0 Å². The summed E-state index contributed by atoms with van der Waals surface area (Å²) in [4.78, 5) is 3.62. The van der Waals surface area contributed by atoms with Gasteiger partial charge in [-0.25, -0.2) is 0 Å². The topological polar surface area (TPSA) is 3.24 Å². The third-order valence-corrected chi connectivity index (χ3v) is 10.5. The fraction of sp³-hybridized carbons (Fsp3) is 0.128. The van der Waals surface area contributed by atoms with E-state index in [4.69, 9.17) is 0 Å². The van der Waals surface area contributed by atoms with Crippen LogP contribution >= 0.6 is 11.8 Å². The molecule has 8 rings (SSSR count). The van der Waals surface area contributed by atoms with Crippen molar-refractivity contribution in [2.45, 2.75) is 22.5 Å². The van der Waals surface area contributed by atoms with E-state index in [0.29, 0.717) is 0 Å². The van der Waals surface area contributed by atoms with Crippen LogP contribution in [0.5, 0.6) is 0 Å². The molecule has 0 fully saturated rings. The standard InChI is InChI=1S/C39H31NS/c1-40(2)36-25-39(41-37-15-9-8-14-35(36)37,31-19-18-28(23-31)26-10-4-3-5-11-26)32-20-21-34-30(24-32)22-29-17-16-27-12-6-7-13-33(27)38(29)34/h3-21,24-25H,22-23H2,1-2H3. The molecule has 5 aromatic carbocycles. The highest BCUT2D eigenvalue weighted by Gasteiger charge is 2.42. The molecule has 0 amide bonds. The minimum Gasteiger partial charge on any atom is -0.377 e. The van der Waals surface area contributed by atoms with Crippen molar-refractivity contribution >= 4 is 33.8 Å². The van der Waals surface area contributed by atoms with Crippen molar-refractivity contribution in [3.8, 4) is 11.1 Å². The molecule has 2 heteroatoms. The van der Waals surface area contributed by atoms with Crippen molar-refractivity contribution in [2.24, 2.45) is 0 Å². The average Bonchev–Trinajstić information content (AvgIpc) is 3.66. The highest BCUT2D eigenvalue weighted by Crippen LogP contribution is 2.58. The Morgan fingerprint density at radius 1 is 0.683 bits per heavy atom. The smallest absolute Gasteiger partial charge is 0.0874 e. The highest BCUT2D eigenvalue weighted by atomic mass is 32.2. The Morgan fingerprint density at radius 3 is 2.37 bits per heavy atom. The molecule has 0 saturated carbocycles. The van der Waals surface area contributed by atoms with Gasteiger partial charge in [0.25, 0.3) is 0 Å². The van der Waals surface area contributed by atoms with Crippen LogP contribution < -0.4 is 0 Å². The van der Waals surface area contributed by atoms with E-state index in [9.17, 15) is 0 Å². The summed E-state index contributed by atoms with van der Waals surface area (Å²) in [6.45, 7) is 0. The molecule has 5 aromatic rings. The van der Waals surface area contributed by atoms with Gasteiger partial charge in [-0.2, -0.15) is 0 Å². The molecule has 0 saturated heterocycles. The van der Waals surface area contributed by atoms with E-state index < -0.39 is 0 Å². The second-order valence-electron chi connectivity index (χ2n) is 11.6. The number of fused-ring (bicyclic) bond motifs is 6. The Kier molecular flexibility index (Phi) is 5.62. The molecule has 1 nitrogen and oxygen atoms in total. The van der Waals surface area contributed by atoms with Gasteiger partial charge >= 0.3 is 0 Å². The van der Waals surface area contributed by atoms with Gasteiger partial charge in [-0.05, 0) is 80.3 Å². The van der Waals surface area contributed by atoms with Gasteiger partial charge in [0.1, 0.15) is 0 Å². The second-order valence-corrected chi connectivity index (χ2v) is 12.8. The van der Waals surface area contributed by atoms with Gasteiger partial charge in [0.2, 0.25) is 0 Å². The number of allylic oxidation sites excluding steroid dienone is 3. The SMILES string of the molecule is CN(C)C1=CC(C2=CC=C(c3ccccc3)C2)(c2ccc3c(c2)Cc2ccc4ccccc4c2-3)Sc2ccccc21. The molecule has 1 unspecified atom stereocenters. The Balaban J connectivity index is 1.29. The predicted molar refractivity (Wildman–Crippen MR) is 175 cm³/mol. The Bertz CT molecular complexity index is 1940. The molecule has 0 bridgehead atoms. The quantitative estimate of drug-likeness (QED) is 0.217. The van der Waals surface area contributed by atoms with Crippen LogP contribution in [0.1, 0.15) is 34.2 Å². The second kappa shape index (κ2) is 9.39. The lowest BCUT2D eigenvalue weighted by molar-refractivity contribution is 0.583. The van der Waals surface area contributed by atoms with Crippen LogP contribution in [0.4, 0.5) is 0 Å². The molecular weight excluding hydrogens is 515 g/mol. The number of rotatable bonds is 4. The van der Waals surface area contributed by atoms with Gasteiger partial charge in [-0.15, -0.1) is 11.8 Å². The van der Waals surface area contributed by atoms with Crippen molar-refractivity contribution in [1.82, 2.24) is 4.90 Å². The molecule has 0 radical (unpaired) electrons. The van der Waals surface area contributed by atoms with E-state index in [1.165, 1.54) is 71.5 Å². The third kappa shape index (κ3) is 3.85. The maximum absolute atomic E-state index is 2.53.